The van der Waals surface area contributed by atoms with E-state index in [9.17, 15) is 0 Å². The van der Waals surface area contributed by atoms with E-state index in [-0.39, 0.29) is 0 Å². The number of fused-ring (bicyclic) bond motifs is 1. The molecule has 1 aromatic carbocycles. The first-order valence-corrected chi connectivity index (χ1v) is 7.59. The normalized spacial score (nSPS) is 14.7. The largest absolute Gasteiger partial charge is 0.396 e. The molecule has 0 saturated heterocycles. The summed E-state index contributed by atoms with van der Waals surface area (Å²) < 4.78 is 6.28. The Hall–Kier alpha value is -1.33. The Morgan fingerprint density at radius 1 is 1.45 bits per heavy atom. The summed E-state index contributed by atoms with van der Waals surface area (Å²) in [6.07, 6.45) is 4.20. The van der Waals surface area contributed by atoms with E-state index in [0.29, 0.717) is 12.6 Å². The van der Waals surface area contributed by atoms with Gasteiger partial charge in [-0.2, -0.15) is 0 Å². The number of methoxy groups -OCH3 is 1. The number of aromatic nitrogens is 1. The van der Waals surface area contributed by atoms with Crippen LogP contribution in [0.2, 0.25) is 0 Å². The second-order valence-corrected chi connectivity index (χ2v) is 6.06. The van der Waals surface area contributed by atoms with E-state index in [1.54, 1.807) is 13.3 Å². The van der Waals surface area contributed by atoms with Crippen LogP contribution in [0, 0.1) is 0 Å². The molecule has 0 unspecified atom stereocenters. The van der Waals surface area contributed by atoms with Gasteiger partial charge < -0.3 is 15.4 Å². The van der Waals surface area contributed by atoms with Gasteiger partial charge in [-0.1, -0.05) is 15.9 Å². The van der Waals surface area contributed by atoms with Crippen molar-refractivity contribution in [1.82, 2.24) is 4.98 Å². The SMILES string of the molecule is COCCN(c1c(N)cnc2ccc(Br)cc12)C1CC1. The molecule has 1 saturated carbocycles. The number of rotatable bonds is 5. The monoisotopic (exact) mass is 335 g/mol. The smallest absolute Gasteiger partial charge is 0.0745 e. The molecule has 0 amide bonds. The van der Waals surface area contributed by atoms with Gasteiger partial charge >= 0.3 is 0 Å². The van der Waals surface area contributed by atoms with Crippen molar-refractivity contribution in [2.24, 2.45) is 0 Å². The Bertz CT molecular complexity index is 623. The average molecular weight is 336 g/mol. The predicted molar refractivity (Wildman–Crippen MR) is 86.1 cm³/mol. The molecule has 3 rings (SSSR count). The lowest BCUT2D eigenvalue weighted by Gasteiger charge is -2.27. The first-order chi connectivity index (χ1) is 9.70. The van der Waals surface area contributed by atoms with Gasteiger partial charge in [0.25, 0.3) is 0 Å². The average Bonchev–Trinajstić information content (AvgIpc) is 3.26. The van der Waals surface area contributed by atoms with Gasteiger partial charge in [0.1, 0.15) is 0 Å². The third-order valence-corrected chi connectivity index (χ3v) is 4.13. The van der Waals surface area contributed by atoms with Crippen LogP contribution >= 0.6 is 15.9 Å². The third-order valence-electron chi connectivity index (χ3n) is 3.64. The van der Waals surface area contributed by atoms with E-state index in [4.69, 9.17) is 10.5 Å². The van der Waals surface area contributed by atoms with Crippen LogP contribution in [0.1, 0.15) is 12.8 Å². The second-order valence-electron chi connectivity index (χ2n) is 5.14. The Labute approximate surface area is 127 Å². The number of ether oxygens (including phenoxy) is 1. The summed E-state index contributed by atoms with van der Waals surface area (Å²) in [5.41, 5.74) is 9.02. The molecule has 0 radical (unpaired) electrons. The highest BCUT2D eigenvalue weighted by molar-refractivity contribution is 9.10. The molecule has 1 fully saturated rings. The molecular formula is C15H18BrN3O. The molecule has 0 bridgehead atoms. The maximum atomic E-state index is 6.21. The molecule has 5 heteroatoms. The number of hydrogen-bond acceptors (Lipinski definition) is 4. The van der Waals surface area contributed by atoms with Gasteiger partial charge in [-0.05, 0) is 31.0 Å². The third kappa shape index (κ3) is 2.60. The van der Waals surface area contributed by atoms with Crippen LogP contribution in [0.5, 0.6) is 0 Å². The zero-order valence-corrected chi connectivity index (χ0v) is 13.1. The number of hydrogen-bond donors (Lipinski definition) is 1. The van der Waals surface area contributed by atoms with Gasteiger partial charge in [0.2, 0.25) is 0 Å². The highest BCUT2D eigenvalue weighted by Crippen LogP contribution is 2.39. The van der Waals surface area contributed by atoms with E-state index in [1.807, 2.05) is 12.1 Å². The molecule has 0 spiro atoms. The summed E-state index contributed by atoms with van der Waals surface area (Å²) in [5, 5.41) is 1.10. The fourth-order valence-corrected chi connectivity index (χ4v) is 2.90. The minimum absolute atomic E-state index is 0.581. The molecule has 0 aliphatic heterocycles. The van der Waals surface area contributed by atoms with Gasteiger partial charge in [0.05, 0.1) is 29.7 Å². The zero-order chi connectivity index (χ0) is 14.1. The molecule has 2 aromatic rings. The van der Waals surface area contributed by atoms with E-state index >= 15 is 0 Å². The van der Waals surface area contributed by atoms with Crippen molar-refractivity contribution < 1.29 is 4.74 Å². The topological polar surface area (TPSA) is 51.4 Å². The maximum absolute atomic E-state index is 6.21. The first kappa shape index (κ1) is 13.6. The summed E-state index contributed by atoms with van der Waals surface area (Å²) >= 11 is 3.53. The lowest BCUT2D eigenvalue weighted by atomic mass is 10.1. The van der Waals surface area contributed by atoms with E-state index in [1.165, 1.54) is 12.8 Å². The Kier molecular flexibility index (Phi) is 3.81. The fourth-order valence-electron chi connectivity index (χ4n) is 2.54. The van der Waals surface area contributed by atoms with Crippen molar-refractivity contribution in [3.8, 4) is 0 Å². The number of nitrogens with two attached hydrogens (primary N) is 1. The molecule has 1 heterocycles. The summed E-state index contributed by atoms with van der Waals surface area (Å²) in [5.74, 6) is 0. The van der Waals surface area contributed by atoms with Crippen LogP contribution < -0.4 is 10.6 Å². The summed E-state index contributed by atoms with van der Waals surface area (Å²) in [4.78, 5) is 6.79. The van der Waals surface area contributed by atoms with Crippen LogP contribution in [-0.2, 0) is 4.74 Å². The van der Waals surface area contributed by atoms with Crippen LogP contribution in [-0.4, -0.2) is 31.3 Å². The highest BCUT2D eigenvalue weighted by atomic mass is 79.9. The lowest BCUT2D eigenvalue weighted by Crippen LogP contribution is -2.30. The van der Waals surface area contributed by atoms with E-state index < -0.39 is 0 Å². The lowest BCUT2D eigenvalue weighted by molar-refractivity contribution is 0.205. The van der Waals surface area contributed by atoms with Crippen LogP contribution in [0.4, 0.5) is 11.4 Å². The Morgan fingerprint density at radius 2 is 2.25 bits per heavy atom. The molecule has 1 aromatic heterocycles. The number of anilines is 2. The maximum Gasteiger partial charge on any atom is 0.0745 e. The predicted octanol–water partition coefficient (Wildman–Crippen LogP) is 3.19. The Morgan fingerprint density at radius 3 is 2.95 bits per heavy atom. The number of halogens is 1. The summed E-state index contributed by atoms with van der Waals surface area (Å²) in [6.45, 7) is 1.56. The van der Waals surface area contributed by atoms with E-state index in [0.717, 1.165) is 33.3 Å². The molecule has 106 valence electrons. The number of nitrogens with zero attached hydrogens (tertiary/aromatic N) is 2. The second kappa shape index (κ2) is 5.58. The quantitative estimate of drug-likeness (QED) is 0.911. The number of nitrogen functional groups attached to an aromatic ring is 1. The minimum Gasteiger partial charge on any atom is -0.396 e. The van der Waals surface area contributed by atoms with Gasteiger partial charge in [-0.15, -0.1) is 0 Å². The van der Waals surface area contributed by atoms with Gasteiger partial charge in [-0.3, -0.25) is 4.98 Å². The molecule has 1 aliphatic rings. The van der Waals surface area contributed by atoms with Crippen molar-refractivity contribution >= 4 is 38.2 Å². The zero-order valence-electron chi connectivity index (χ0n) is 11.5. The number of pyridine rings is 1. The molecule has 2 N–H and O–H groups in total. The molecular weight excluding hydrogens is 318 g/mol. The van der Waals surface area contributed by atoms with Crippen molar-refractivity contribution in [2.45, 2.75) is 18.9 Å². The summed E-state index contributed by atoms with van der Waals surface area (Å²) in [7, 11) is 1.73. The van der Waals surface area contributed by atoms with Gasteiger partial charge in [0.15, 0.2) is 0 Å². The first-order valence-electron chi connectivity index (χ1n) is 6.80. The van der Waals surface area contributed by atoms with Crippen molar-refractivity contribution in [2.75, 3.05) is 30.9 Å². The van der Waals surface area contributed by atoms with Gasteiger partial charge in [0, 0.05) is 29.6 Å². The standard InChI is InChI=1S/C15H18BrN3O/c1-20-7-6-19(11-3-4-11)15-12-8-10(16)2-5-14(12)18-9-13(15)17/h2,5,8-9,11H,3-4,6-7,17H2,1H3. The van der Waals surface area contributed by atoms with Crippen LogP contribution in [0.25, 0.3) is 10.9 Å². The molecule has 0 atom stereocenters. The fraction of sp³-hybridized carbons (Fsp3) is 0.400. The van der Waals surface area contributed by atoms with Crippen LogP contribution in [0.3, 0.4) is 0 Å². The van der Waals surface area contributed by atoms with Crippen LogP contribution in [0.15, 0.2) is 28.9 Å². The molecule has 1 aliphatic carbocycles. The summed E-state index contributed by atoms with van der Waals surface area (Å²) in [6, 6.07) is 6.70. The highest BCUT2D eigenvalue weighted by Gasteiger charge is 2.31. The number of benzene rings is 1. The van der Waals surface area contributed by atoms with Crippen molar-refractivity contribution in [3.63, 3.8) is 0 Å². The molecule has 20 heavy (non-hydrogen) atoms. The van der Waals surface area contributed by atoms with Gasteiger partial charge in [-0.25, -0.2) is 0 Å². The minimum atomic E-state index is 0.581. The van der Waals surface area contributed by atoms with Crippen molar-refractivity contribution in [1.29, 1.82) is 0 Å². The van der Waals surface area contributed by atoms with E-state index in [2.05, 4.69) is 31.9 Å². The molecule has 4 nitrogen and oxygen atoms in total. The van der Waals surface area contributed by atoms with Crippen molar-refractivity contribution in [3.05, 3.63) is 28.9 Å². The Balaban J connectivity index is 2.11.